The zero-order valence-electron chi connectivity index (χ0n) is 33.1. The molecule has 6 aliphatic rings. The highest BCUT2D eigenvalue weighted by Gasteiger charge is 2.70. The number of aliphatic hydroxyl groups excluding tert-OH is 8. The fraction of sp³-hybridized carbons (Fsp3) is 0.951. The molecule has 19 atom stereocenters. The van der Waals surface area contributed by atoms with Crippen molar-refractivity contribution in [2.24, 2.45) is 45.3 Å². The second-order valence-corrected chi connectivity index (χ2v) is 19.6. The lowest BCUT2D eigenvalue weighted by Gasteiger charge is -2.70. The molecule has 0 unspecified atom stereocenters. The molecule has 12 heteroatoms. The Bertz CT molecular complexity index is 1310. The Morgan fingerprint density at radius 1 is 0.792 bits per heavy atom. The smallest absolute Gasteiger partial charge is 0.187 e. The molecule has 0 bridgehead atoms. The number of aliphatic hydroxyl groups is 8. The summed E-state index contributed by atoms with van der Waals surface area (Å²) in [5.41, 5.74) is -0.165. The Kier molecular flexibility index (Phi) is 11.8. The van der Waals surface area contributed by atoms with Crippen LogP contribution in [0.2, 0.25) is 0 Å². The highest BCUT2D eigenvalue weighted by molar-refractivity contribution is 5.18. The number of rotatable bonds is 10. The maximum Gasteiger partial charge on any atom is 0.187 e. The van der Waals surface area contributed by atoms with Gasteiger partial charge < -0.3 is 59.8 Å². The summed E-state index contributed by atoms with van der Waals surface area (Å²) < 4.78 is 24.1. The molecule has 0 aromatic heterocycles. The number of ether oxygens (including phenoxy) is 4. The van der Waals surface area contributed by atoms with Crippen molar-refractivity contribution in [3.05, 3.63) is 12.2 Å². The molecule has 0 amide bonds. The molecule has 4 aliphatic carbocycles. The Labute approximate surface area is 315 Å². The minimum atomic E-state index is -1.63. The van der Waals surface area contributed by atoms with E-state index in [1.807, 2.05) is 6.92 Å². The quantitative estimate of drug-likeness (QED) is 0.152. The molecule has 6 fully saturated rings. The fourth-order valence-electron chi connectivity index (χ4n) is 13.0. The van der Waals surface area contributed by atoms with Crippen LogP contribution in [0.3, 0.4) is 0 Å². The molecule has 0 aromatic carbocycles. The van der Waals surface area contributed by atoms with E-state index in [0.717, 1.165) is 51.4 Å². The van der Waals surface area contributed by atoms with Crippen LogP contribution in [0.1, 0.15) is 113 Å². The molecule has 6 rings (SSSR count). The van der Waals surface area contributed by atoms with Gasteiger partial charge in [-0.25, -0.2) is 0 Å². The lowest BCUT2D eigenvalue weighted by atomic mass is 9.35. The summed E-state index contributed by atoms with van der Waals surface area (Å²) in [4.78, 5) is 0. The van der Waals surface area contributed by atoms with E-state index < -0.39 is 67.0 Å². The molecule has 12 nitrogen and oxygen atoms in total. The van der Waals surface area contributed by atoms with Crippen LogP contribution in [0.15, 0.2) is 12.2 Å². The van der Waals surface area contributed by atoms with Crippen LogP contribution >= 0.6 is 0 Å². The Morgan fingerprint density at radius 2 is 1.45 bits per heavy atom. The van der Waals surface area contributed by atoms with E-state index in [-0.39, 0.29) is 46.9 Å². The maximum absolute atomic E-state index is 11.3. The summed E-state index contributed by atoms with van der Waals surface area (Å²) in [6.45, 7) is 19.2. The summed E-state index contributed by atoms with van der Waals surface area (Å²) >= 11 is 0. The average molecular weight is 755 g/mol. The zero-order chi connectivity index (χ0) is 39.1. The summed E-state index contributed by atoms with van der Waals surface area (Å²) in [5.74, 6) is 1.32. The maximum atomic E-state index is 11.3. The monoisotopic (exact) mass is 754 g/mol. The van der Waals surface area contributed by atoms with Gasteiger partial charge in [-0.3, -0.25) is 0 Å². The van der Waals surface area contributed by atoms with Gasteiger partial charge in [-0.1, -0.05) is 46.8 Å². The molecule has 4 saturated carbocycles. The highest BCUT2D eigenvalue weighted by atomic mass is 16.7. The van der Waals surface area contributed by atoms with Gasteiger partial charge in [0.2, 0.25) is 0 Å². The van der Waals surface area contributed by atoms with Gasteiger partial charge in [0.1, 0.15) is 42.7 Å². The van der Waals surface area contributed by atoms with E-state index in [2.05, 4.69) is 41.2 Å². The Hall–Kier alpha value is -0.740. The number of hydrogen-bond acceptors (Lipinski definition) is 12. The Balaban J connectivity index is 1.24. The van der Waals surface area contributed by atoms with Gasteiger partial charge in [0.05, 0.1) is 31.0 Å². The van der Waals surface area contributed by atoms with Crippen molar-refractivity contribution in [1.82, 2.24) is 0 Å². The van der Waals surface area contributed by atoms with E-state index >= 15 is 0 Å². The second-order valence-electron chi connectivity index (χ2n) is 19.6. The lowest BCUT2D eigenvalue weighted by molar-refractivity contribution is -0.344. The van der Waals surface area contributed by atoms with Crippen molar-refractivity contribution >= 4 is 0 Å². The summed E-state index contributed by atoms with van der Waals surface area (Å²) in [6, 6.07) is 0. The normalized spacial score (nSPS) is 51.4. The van der Waals surface area contributed by atoms with E-state index in [0.29, 0.717) is 36.2 Å². The predicted octanol–water partition coefficient (Wildman–Crippen LogP) is 2.79. The fourth-order valence-corrected chi connectivity index (χ4v) is 13.0. The van der Waals surface area contributed by atoms with E-state index in [1.54, 1.807) is 6.92 Å². The Morgan fingerprint density at radius 3 is 2.13 bits per heavy atom. The van der Waals surface area contributed by atoms with Crippen molar-refractivity contribution in [2.75, 3.05) is 13.2 Å². The summed E-state index contributed by atoms with van der Waals surface area (Å²) in [7, 11) is 0. The van der Waals surface area contributed by atoms with Crippen molar-refractivity contribution < 1.29 is 59.8 Å². The first-order valence-corrected chi connectivity index (χ1v) is 20.3. The molecule has 2 aliphatic heterocycles. The molecule has 0 spiro atoms. The standard InChI is InChI=1S/C41H70O12/c1-21(2)24(42)12-18-41(8,53-36-34(49)32(47)31(46)26(52-36)20-51-35-33(48)30(45)25(43)19-50-35)23-11-16-39(6)22(23)9-10-28-38(5)15-14-29(44)37(3,4)27(38)13-17-40(28,39)7/h22-36,42-49H,1,9-20H2,2-8H3/t22-,23+,24-,25-,26-,27-,28-,29-,30+,31-,32+,33-,34-,35-,36+,38-,39-,40-,41+/m1/s1. The van der Waals surface area contributed by atoms with Gasteiger partial charge in [-0.15, -0.1) is 0 Å². The average Bonchev–Trinajstić information content (AvgIpc) is 3.47. The summed E-state index contributed by atoms with van der Waals surface area (Å²) in [5, 5.41) is 85.5. The SMILES string of the molecule is C=C(C)[C@H](O)CC[C@](C)(O[C@@H]1O[C@H](CO[C@H]2OC[C@@H](O)[C@H](O)[C@H]2O)[C@@H](O)[C@H](O)[C@H]1O)[C@H]1CC[C@]2(C)[C@@H]1CC[C@@H]1[C@]3(C)CC[C@@H](O)C(C)(C)[C@H]3CC[C@]12C. The highest BCUT2D eigenvalue weighted by Crippen LogP contribution is 2.76. The third-order valence-corrected chi connectivity index (χ3v) is 16.6. The minimum absolute atomic E-state index is 0.00343. The van der Waals surface area contributed by atoms with Crippen LogP contribution in [0, 0.1) is 45.3 Å². The van der Waals surface area contributed by atoms with E-state index in [9.17, 15) is 40.9 Å². The molecular weight excluding hydrogens is 684 g/mol. The third-order valence-electron chi connectivity index (χ3n) is 16.6. The molecule has 2 saturated heterocycles. The van der Waals surface area contributed by atoms with Gasteiger partial charge in [0, 0.05) is 0 Å². The van der Waals surface area contributed by atoms with Crippen molar-refractivity contribution in [3.8, 4) is 0 Å². The first-order chi connectivity index (χ1) is 24.6. The van der Waals surface area contributed by atoms with Crippen molar-refractivity contribution in [3.63, 3.8) is 0 Å². The first-order valence-electron chi connectivity index (χ1n) is 20.3. The minimum Gasteiger partial charge on any atom is -0.393 e. The van der Waals surface area contributed by atoms with Gasteiger partial charge in [-0.2, -0.15) is 0 Å². The molecule has 8 N–H and O–H groups in total. The molecule has 2 heterocycles. The van der Waals surface area contributed by atoms with Crippen LogP contribution in [0.25, 0.3) is 0 Å². The van der Waals surface area contributed by atoms with Crippen molar-refractivity contribution in [1.29, 1.82) is 0 Å². The van der Waals surface area contributed by atoms with Crippen LogP contribution in [0.4, 0.5) is 0 Å². The third kappa shape index (κ3) is 6.90. The van der Waals surface area contributed by atoms with Gasteiger partial charge in [0.15, 0.2) is 12.6 Å². The second kappa shape index (κ2) is 14.9. The molecule has 306 valence electrons. The summed E-state index contributed by atoms with van der Waals surface area (Å²) in [6.07, 6.45) is -5.04. The molecule has 53 heavy (non-hydrogen) atoms. The van der Waals surface area contributed by atoms with Crippen LogP contribution < -0.4 is 0 Å². The molecular formula is C41H70O12. The zero-order valence-corrected chi connectivity index (χ0v) is 33.1. The predicted molar refractivity (Wildman–Crippen MR) is 195 cm³/mol. The van der Waals surface area contributed by atoms with Gasteiger partial charge >= 0.3 is 0 Å². The van der Waals surface area contributed by atoms with Gasteiger partial charge in [-0.05, 0) is 123 Å². The topological polar surface area (TPSA) is 199 Å². The van der Waals surface area contributed by atoms with E-state index in [4.69, 9.17) is 18.9 Å². The molecule has 0 radical (unpaired) electrons. The van der Waals surface area contributed by atoms with Crippen LogP contribution in [0.5, 0.6) is 0 Å². The number of hydrogen-bond donors (Lipinski definition) is 8. The first kappa shape index (κ1) is 41.9. The largest absolute Gasteiger partial charge is 0.393 e. The van der Waals surface area contributed by atoms with Gasteiger partial charge in [0.25, 0.3) is 0 Å². The van der Waals surface area contributed by atoms with Crippen molar-refractivity contribution in [2.45, 2.75) is 186 Å². The lowest BCUT2D eigenvalue weighted by Crippen LogP contribution is -2.64. The van der Waals surface area contributed by atoms with Crippen LogP contribution in [-0.4, -0.2) is 127 Å². The van der Waals surface area contributed by atoms with E-state index in [1.165, 1.54) is 0 Å². The number of fused-ring (bicyclic) bond motifs is 5. The van der Waals surface area contributed by atoms with Crippen LogP contribution in [-0.2, 0) is 18.9 Å². The molecule has 0 aromatic rings.